The Bertz CT molecular complexity index is 579. The van der Waals surface area contributed by atoms with Crippen LogP contribution in [0.5, 0.6) is 11.5 Å². The topological polar surface area (TPSA) is 62.5 Å². The summed E-state index contributed by atoms with van der Waals surface area (Å²) >= 11 is 0. The molecule has 2 aliphatic rings. The zero-order chi connectivity index (χ0) is 14.4. The highest BCUT2D eigenvalue weighted by Gasteiger charge is 2.10. The monoisotopic (exact) mass is 269 g/mol. The second-order valence-electron chi connectivity index (χ2n) is 4.21. The van der Waals surface area contributed by atoms with E-state index in [1.165, 1.54) is 12.7 Å². The zero-order valence-electron chi connectivity index (χ0n) is 11.1. The van der Waals surface area contributed by atoms with Crippen molar-refractivity contribution in [2.75, 3.05) is 7.11 Å². The molecule has 0 aliphatic carbocycles. The van der Waals surface area contributed by atoms with Gasteiger partial charge in [0.1, 0.15) is 18.1 Å². The van der Waals surface area contributed by atoms with Gasteiger partial charge in [-0.3, -0.25) is 0 Å². The molecule has 4 nitrogen and oxygen atoms in total. The van der Waals surface area contributed by atoms with Crippen LogP contribution >= 0.6 is 0 Å². The van der Waals surface area contributed by atoms with Gasteiger partial charge in [0.05, 0.1) is 13.2 Å². The van der Waals surface area contributed by atoms with Gasteiger partial charge >= 0.3 is 0 Å². The van der Waals surface area contributed by atoms with Gasteiger partial charge in [0.15, 0.2) is 6.10 Å². The first-order valence-corrected chi connectivity index (χ1v) is 6.17. The summed E-state index contributed by atoms with van der Waals surface area (Å²) in [6.07, 6.45) is -1.11. The summed E-state index contributed by atoms with van der Waals surface area (Å²) in [5, 5.41) is 17.7. The molecule has 0 radical (unpaired) electrons. The Labute approximate surface area is 117 Å². The van der Waals surface area contributed by atoms with E-state index in [9.17, 15) is 5.11 Å². The molecular weight excluding hydrogens is 254 g/mol. The number of rotatable bonds is 2. The van der Waals surface area contributed by atoms with Crippen LogP contribution < -0.4 is 9.47 Å². The van der Waals surface area contributed by atoms with Crippen LogP contribution in [0.4, 0.5) is 0 Å². The SMILES string of the molecule is COc1ccccc1C(O)C#N.c1cc2ccc1CO2. The first-order chi connectivity index (χ1) is 9.74. The lowest BCUT2D eigenvalue weighted by Crippen LogP contribution is -2.00. The fourth-order valence-corrected chi connectivity index (χ4v) is 1.81. The van der Waals surface area contributed by atoms with Crippen molar-refractivity contribution in [2.24, 2.45) is 0 Å². The second kappa shape index (κ2) is 6.60. The molecule has 0 saturated carbocycles. The van der Waals surface area contributed by atoms with E-state index in [-0.39, 0.29) is 0 Å². The minimum absolute atomic E-state index is 0.502. The van der Waals surface area contributed by atoms with Crippen LogP contribution in [0.25, 0.3) is 0 Å². The van der Waals surface area contributed by atoms with Crippen molar-refractivity contribution in [3.63, 3.8) is 0 Å². The Kier molecular flexibility index (Phi) is 4.59. The molecule has 2 heterocycles. The first kappa shape index (κ1) is 13.9. The molecular formula is C16H15NO3. The highest BCUT2D eigenvalue weighted by atomic mass is 16.5. The Morgan fingerprint density at radius 1 is 1.20 bits per heavy atom. The van der Waals surface area contributed by atoms with Gasteiger partial charge in [-0.15, -0.1) is 0 Å². The van der Waals surface area contributed by atoms with Gasteiger partial charge < -0.3 is 14.6 Å². The van der Waals surface area contributed by atoms with Crippen LogP contribution in [-0.4, -0.2) is 12.2 Å². The van der Waals surface area contributed by atoms with Crippen molar-refractivity contribution in [3.05, 3.63) is 59.7 Å². The molecule has 20 heavy (non-hydrogen) atoms. The number of aliphatic hydroxyl groups is 1. The van der Waals surface area contributed by atoms with Crippen molar-refractivity contribution in [2.45, 2.75) is 12.7 Å². The molecule has 0 fully saturated rings. The number of aliphatic hydroxyl groups excluding tert-OH is 1. The fourth-order valence-electron chi connectivity index (χ4n) is 1.81. The van der Waals surface area contributed by atoms with Crippen LogP contribution in [0.15, 0.2) is 48.5 Å². The first-order valence-electron chi connectivity index (χ1n) is 6.17. The van der Waals surface area contributed by atoms with E-state index in [1.807, 2.05) is 12.1 Å². The maximum atomic E-state index is 9.20. The van der Waals surface area contributed by atoms with Crippen LogP contribution in [0.2, 0.25) is 0 Å². The Morgan fingerprint density at radius 2 is 1.90 bits per heavy atom. The molecule has 0 aromatic heterocycles. The number of hydrogen-bond acceptors (Lipinski definition) is 4. The van der Waals surface area contributed by atoms with Crippen LogP contribution in [0.3, 0.4) is 0 Å². The van der Waals surface area contributed by atoms with Gasteiger partial charge in [0.25, 0.3) is 0 Å². The molecule has 1 unspecified atom stereocenters. The lowest BCUT2D eigenvalue weighted by molar-refractivity contribution is 0.230. The number of benzene rings is 2. The predicted octanol–water partition coefficient (Wildman–Crippen LogP) is 2.83. The average molecular weight is 269 g/mol. The molecule has 2 bridgehead atoms. The minimum atomic E-state index is -1.11. The Morgan fingerprint density at radius 3 is 2.30 bits per heavy atom. The normalized spacial score (nSPS) is 12.4. The Hall–Kier alpha value is -2.51. The summed E-state index contributed by atoms with van der Waals surface area (Å²) in [7, 11) is 1.50. The molecule has 2 aromatic carbocycles. The minimum Gasteiger partial charge on any atom is -0.496 e. The van der Waals surface area contributed by atoms with Crippen molar-refractivity contribution in [3.8, 4) is 17.6 Å². The van der Waals surface area contributed by atoms with Crippen LogP contribution in [0, 0.1) is 11.3 Å². The molecule has 1 N–H and O–H groups in total. The highest BCUT2D eigenvalue weighted by Crippen LogP contribution is 2.23. The van der Waals surface area contributed by atoms with Crippen LogP contribution in [0.1, 0.15) is 17.2 Å². The number of ether oxygens (including phenoxy) is 2. The molecule has 4 heteroatoms. The number of fused-ring (bicyclic) bond motifs is 3. The van der Waals surface area contributed by atoms with Crippen molar-refractivity contribution >= 4 is 0 Å². The third kappa shape index (κ3) is 3.28. The largest absolute Gasteiger partial charge is 0.496 e. The summed E-state index contributed by atoms with van der Waals surface area (Å²) in [6, 6.07) is 16.8. The second-order valence-corrected chi connectivity index (χ2v) is 4.21. The quantitative estimate of drug-likeness (QED) is 0.851. The summed E-state index contributed by atoms with van der Waals surface area (Å²) < 4.78 is 10.1. The van der Waals surface area contributed by atoms with Crippen LogP contribution in [-0.2, 0) is 6.61 Å². The molecule has 0 saturated heterocycles. The van der Waals surface area contributed by atoms with E-state index in [0.29, 0.717) is 11.3 Å². The summed E-state index contributed by atoms with van der Waals surface area (Å²) in [5.74, 6) is 1.52. The Balaban J connectivity index is 0.000000157. The standard InChI is InChI=1S/C9H9NO2.C7H6O/c1-12-9-5-3-2-4-7(9)8(11)6-10;1-3-7-4-2-6(1)5-8-7/h2-5,8,11H,1H3;1-4H,5H2. The van der Waals surface area contributed by atoms with E-state index in [0.717, 1.165) is 12.4 Å². The summed E-state index contributed by atoms with van der Waals surface area (Å²) in [6.45, 7) is 0.766. The molecule has 102 valence electrons. The van der Waals surface area contributed by atoms with E-state index >= 15 is 0 Å². The lowest BCUT2D eigenvalue weighted by Gasteiger charge is -2.11. The van der Waals surface area contributed by atoms with Gasteiger partial charge in [-0.2, -0.15) is 5.26 Å². The van der Waals surface area contributed by atoms with Gasteiger partial charge in [-0.25, -0.2) is 0 Å². The highest BCUT2D eigenvalue weighted by molar-refractivity contribution is 5.37. The maximum Gasteiger partial charge on any atom is 0.169 e. The zero-order valence-corrected chi connectivity index (χ0v) is 11.1. The number of hydrogen-bond donors (Lipinski definition) is 1. The maximum absolute atomic E-state index is 9.20. The van der Waals surface area contributed by atoms with Crippen molar-refractivity contribution < 1.29 is 14.6 Å². The number of methoxy groups -OCH3 is 1. The average Bonchev–Trinajstić information content (AvgIpc) is 2.56. The van der Waals surface area contributed by atoms with Gasteiger partial charge in [-0.05, 0) is 23.8 Å². The number of nitrogens with zero attached hydrogens (tertiary/aromatic N) is 1. The summed E-state index contributed by atoms with van der Waals surface area (Å²) in [5.41, 5.74) is 1.77. The van der Waals surface area contributed by atoms with E-state index in [2.05, 4.69) is 12.1 Å². The molecule has 0 amide bonds. The smallest absolute Gasteiger partial charge is 0.169 e. The van der Waals surface area contributed by atoms with E-state index in [1.54, 1.807) is 30.3 Å². The third-order valence-electron chi connectivity index (χ3n) is 2.88. The molecule has 4 rings (SSSR count). The predicted molar refractivity (Wildman–Crippen MR) is 74.3 cm³/mol. The van der Waals surface area contributed by atoms with E-state index < -0.39 is 6.10 Å². The fraction of sp³-hybridized carbons (Fsp3) is 0.188. The number of para-hydroxylation sites is 1. The van der Waals surface area contributed by atoms with Crippen molar-refractivity contribution in [1.82, 2.24) is 0 Å². The lowest BCUT2D eigenvalue weighted by atomic mass is 10.1. The third-order valence-corrected chi connectivity index (χ3v) is 2.88. The van der Waals surface area contributed by atoms with Crippen molar-refractivity contribution in [1.29, 1.82) is 5.26 Å². The van der Waals surface area contributed by atoms with Gasteiger partial charge in [0, 0.05) is 5.56 Å². The molecule has 0 spiro atoms. The summed E-state index contributed by atoms with van der Waals surface area (Å²) in [4.78, 5) is 0. The van der Waals surface area contributed by atoms with Gasteiger partial charge in [0.2, 0.25) is 0 Å². The van der Waals surface area contributed by atoms with Gasteiger partial charge in [-0.1, -0.05) is 30.3 Å². The molecule has 2 aliphatic heterocycles. The molecule has 1 atom stereocenters. The number of nitriles is 1. The van der Waals surface area contributed by atoms with E-state index in [4.69, 9.17) is 14.7 Å². The molecule has 2 aromatic rings.